The average Bonchev–Trinajstić information content (AvgIpc) is 2.57. The summed E-state index contributed by atoms with van der Waals surface area (Å²) in [6, 6.07) is 10.0. The van der Waals surface area contributed by atoms with E-state index in [9.17, 15) is 8.42 Å². The summed E-state index contributed by atoms with van der Waals surface area (Å²) in [5.41, 5.74) is 1.16. The standard InChI is InChI=1S/C18H30O6S/c1-3-11-21-15-18(24-25(2,19)20)16-23-13-8-7-12-22-14-17-9-5-4-6-10-17/h4-6,9-10,18H,3,7-8,11-16H2,1-2H3/t18-/m0/s1. The maximum absolute atomic E-state index is 11.2. The quantitative estimate of drug-likeness (QED) is 0.347. The molecule has 25 heavy (non-hydrogen) atoms. The molecule has 0 aliphatic heterocycles. The van der Waals surface area contributed by atoms with Gasteiger partial charge in [-0.3, -0.25) is 4.18 Å². The highest BCUT2D eigenvalue weighted by molar-refractivity contribution is 7.86. The first-order valence-corrected chi connectivity index (χ1v) is 10.5. The van der Waals surface area contributed by atoms with Crippen LogP contribution < -0.4 is 0 Å². The predicted octanol–water partition coefficient (Wildman–Crippen LogP) is 2.77. The zero-order chi connectivity index (χ0) is 18.4. The summed E-state index contributed by atoms with van der Waals surface area (Å²) in [5.74, 6) is 0. The Labute approximate surface area is 151 Å². The Morgan fingerprint density at radius 2 is 1.52 bits per heavy atom. The molecule has 0 fully saturated rings. The van der Waals surface area contributed by atoms with Crippen LogP contribution in [0.1, 0.15) is 31.7 Å². The second-order valence-corrected chi connectivity index (χ2v) is 7.42. The van der Waals surface area contributed by atoms with Crippen molar-refractivity contribution in [3.05, 3.63) is 35.9 Å². The van der Waals surface area contributed by atoms with Gasteiger partial charge in [-0.1, -0.05) is 37.3 Å². The van der Waals surface area contributed by atoms with E-state index in [0.717, 1.165) is 31.1 Å². The third-order valence-electron chi connectivity index (χ3n) is 3.21. The highest BCUT2D eigenvalue weighted by Gasteiger charge is 2.16. The van der Waals surface area contributed by atoms with Gasteiger partial charge in [-0.2, -0.15) is 8.42 Å². The van der Waals surface area contributed by atoms with Gasteiger partial charge in [0.2, 0.25) is 0 Å². The summed E-state index contributed by atoms with van der Waals surface area (Å²) >= 11 is 0. The largest absolute Gasteiger partial charge is 0.379 e. The smallest absolute Gasteiger partial charge is 0.264 e. The van der Waals surface area contributed by atoms with Crippen LogP contribution in [0.4, 0.5) is 0 Å². The molecule has 0 unspecified atom stereocenters. The minimum atomic E-state index is -3.52. The van der Waals surface area contributed by atoms with Crippen molar-refractivity contribution >= 4 is 10.1 Å². The number of hydrogen-bond donors (Lipinski definition) is 0. The molecule has 0 radical (unpaired) electrons. The molecule has 0 spiro atoms. The highest BCUT2D eigenvalue weighted by Crippen LogP contribution is 2.04. The fraction of sp³-hybridized carbons (Fsp3) is 0.667. The van der Waals surface area contributed by atoms with Crippen molar-refractivity contribution in [2.45, 2.75) is 38.9 Å². The van der Waals surface area contributed by atoms with Crippen LogP contribution in [-0.4, -0.2) is 53.8 Å². The molecule has 7 heteroatoms. The molecule has 0 aliphatic rings. The van der Waals surface area contributed by atoms with Gasteiger partial charge in [-0.15, -0.1) is 0 Å². The molecular formula is C18H30O6S. The van der Waals surface area contributed by atoms with Crippen LogP contribution in [0.15, 0.2) is 30.3 Å². The minimum Gasteiger partial charge on any atom is -0.379 e. The number of benzene rings is 1. The average molecular weight is 374 g/mol. The fourth-order valence-electron chi connectivity index (χ4n) is 2.10. The van der Waals surface area contributed by atoms with Crippen LogP contribution in [0.3, 0.4) is 0 Å². The molecular weight excluding hydrogens is 344 g/mol. The lowest BCUT2D eigenvalue weighted by Gasteiger charge is -2.16. The van der Waals surface area contributed by atoms with Crippen LogP contribution in [-0.2, 0) is 35.1 Å². The highest BCUT2D eigenvalue weighted by atomic mass is 32.2. The Kier molecular flexibility index (Phi) is 11.7. The summed E-state index contributed by atoms with van der Waals surface area (Å²) in [4.78, 5) is 0. The zero-order valence-corrected chi connectivity index (χ0v) is 16.0. The zero-order valence-electron chi connectivity index (χ0n) is 15.2. The van der Waals surface area contributed by atoms with Crippen molar-refractivity contribution in [2.75, 3.05) is 39.3 Å². The third kappa shape index (κ3) is 12.9. The van der Waals surface area contributed by atoms with Crippen LogP contribution >= 0.6 is 0 Å². The minimum absolute atomic E-state index is 0.196. The molecule has 0 N–H and O–H groups in total. The molecule has 0 saturated carbocycles. The van der Waals surface area contributed by atoms with Crippen molar-refractivity contribution < 1.29 is 26.8 Å². The Morgan fingerprint density at radius 3 is 2.12 bits per heavy atom. The molecule has 6 nitrogen and oxygen atoms in total. The molecule has 1 atom stereocenters. The van der Waals surface area contributed by atoms with Crippen molar-refractivity contribution in [2.24, 2.45) is 0 Å². The second-order valence-electron chi connectivity index (χ2n) is 5.82. The molecule has 1 aromatic carbocycles. The first-order chi connectivity index (χ1) is 12.0. The summed E-state index contributed by atoms with van der Waals surface area (Å²) in [5, 5.41) is 0. The Hall–Kier alpha value is -0.990. The van der Waals surface area contributed by atoms with E-state index in [1.54, 1.807) is 0 Å². The lowest BCUT2D eigenvalue weighted by molar-refractivity contribution is -0.00494. The third-order valence-corrected chi connectivity index (χ3v) is 3.83. The van der Waals surface area contributed by atoms with Crippen molar-refractivity contribution in [1.29, 1.82) is 0 Å². The summed E-state index contributed by atoms with van der Waals surface area (Å²) in [6.07, 6.45) is 3.03. The number of rotatable bonds is 15. The van der Waals surface area contributed by atoms with Gasteiger partial charge in [0, 0.05) is 19.8 Å². The Morgan fingerprint density at radius 1 is 0.920 bits per heavy atom. The van der Waals surface area contributed by atoms with Gasteiger partial charge >= 0.3 is 0 Å². The van der Waals surface area contributed by atoms with E-state index in [2.05, 4.69) is 0 Å². The maximum Gasteiger partial charge on any atom is 0.264 e. The molecule has 0 bridgehead atoms. The summed E-state index contributed by atoms with van der Waals surface area (Å²) in [6.45, 7) is 4.78. The first-order valence-electron chi connectivity index (χ1n) is 8.66. The molecule has 0 saturated heterocycles. The monoisotopic (exact) mass is 374 g/mol. The van der Waals surface area contributed by atoms with Crippen molar-refractivity contribution in [3.8, 4) is 0 Å². The topological polar surface area (TPSA) is 71.1 Å². The van der Waals surface area contributed by atoms with E-state index in [0.29, 0.717) is 26.4 Å². The summed E-state index contributed by atoms with van der Waals surface area (Å²) in [7, 11) is -3.52. The van der Waals surface area contributed by atoms with E-state index in [-0.39, 0.29) is 13.2 Å². The Bertz CT molecular complexity index is 532. The lowest BCUT2D eigenvalue weighted by Crippen LogP contribution is -2.28. The maximum atomic E-state index is 11.2. The van der Waals surface area contributed by atoms with Crippen LogP contribution in [0.2, 0.25) is 0 Å². The van der Waals surface area contributed by atoms with Gasteiger partial charge in [-0.25, -0.2) is 0 Å². The summed E-state index contributed by atoms with van der Waals surface area (Å²) < 4.78 is 43.9. The van der Waals surface area contributed by atoms with Gasteiger partial charge in [0.05, 0.1) is 26.1 Å². The van der Waals surface area contributed by atoms with Gasteiger partial charge in [0.1, 0.15) is 6.10 Å². The molecule has 1 rings (SSSR count). The van der Waals surface area contributed by atoms with E-state index in [1.807, 2.05) is 37.3 Å². The molecule has 0 amide bonds. The molecule has 0 heterocycles. The van der Waals surface area contributed by atoms with E-state index in [1.165, 1.54) is 0 Å². The fourth-order valence-corrected chi connectivity index (χ4v) is 2.70. The van der Waals surface area contributed by atoms with E-state index >= 15 is 0 Å². The molecule has 0 aromatic heterocycles. The normalized spacial score (nSPS) is 13.0. The van der Waals surface area contributed by atoms with Gasteiger partial charge in [0.15, 0.2) is 0 Å². The predicted molar refractivity (Wildman–Crippen MR) is 97.0 cm³/mol. The number of unbranched alkanes of at least 4 members (excludes halogenated alkanes) is 1. The SMILES string of the molecule is CCCOC[C@@H](COCCCCOCc1ccccc1)OS(C)(=O)=O. The molecule has 1 aromatic rings. The van der Waals surface area contributed by atoms with E-state index < -0.39 is 16.2 Å². The van der Waals surface area contributed by atoms with Crippen LogP contribution in [0, 0.1) is 0 Å². The first kappa shape index (κ1) is 22.1. The van der Waals surface area contributed by atoms with Crippen molar-refractivity contribution in [1.82, 2.24) is 0 Å². The number of hydrogen-bond acceptors (Lipinski definition) is 6. The van der Waals surface area contributed by atoms with Gasteiger partial charge in [-0.05, 0) is 24.8 Å². The van der Waals surface area contributed by atoms with Gasteiger partial charge < -0.3 is 14.2 Å². The Balaban J connectivity index is 2.08. The van der Waals surface area contributed by atoms with E-state index in [4.69, 9.17) is 18.4 Å². The van der Waals surface area contributed by atoms with Crippen LogP contribution in [0.5, 0.6) is 0 Å². The molecule has 0 aliphatic carbocycles. The van der Waals surface area contributed by atoms with Gasteiger partial charge in [0.25, 0.3) is 10.1 Å². The lowest BCUT2D eigenvalue weighted by atomic mass is 10.2. The number of ether oxygens (including phenoxy) is 3. The second kappa shape index (κ2) is 13.2. The van der Waals surface area contributed by atoms with Crippen molar-refractivity contribution in [3.63, 3.8) is 0 Å². The van der Waals surface area contributed by atoms with Crippen LogP contribution in [0.25, 0.3) is 0 Å². The molecule has 144 valence electrons.